The second-order valence-electron chi connectivity index (χ2n) is 4.62. The van der Waals surface area contributed by atoms with Crippen LogP contribution in [0.1, 0.15) is 28.2 Å². The Labute approximate surface area is 123 Å². The molecule has 0 fully saturated rings. The Morgan fingerprint density at radius 1 is 1.25 bits per heavy atom. The second kappa shape index (κ2) is 5.92. The van der Waals surface area contributed by atoms with E-state index in [4.69, 9.17) is 18.0 Å². The molecule has 2 rings (SSSR count). The summed E-state index contributed by atoms with van der Waals surface area (Å²) in [7, 11) is 0. The largest absolute Gasteiger partial charge is 0.389 e. The Morgan fingerprint density at radius 3 is 2.65 bits per heavy atom. The van der Waals surface area contributed by atoms with Gasteiger partial charge >= 0.3 is 0 Å². The third kappa shape index (κ3) is 3.08. The summed E-state index contributed by atoms with van der Waals surface area (Å²) in [6.45, 7) is 6.33. The molecule has 0 aliphatic carbocycles. The lowest BCUT2D eigenvalue weighted by Crippen LogP contribution is -2.18. The van der Waals surface area contributed by atoms with Crippen LogP contribution in [0.3, 0.4) is 0 Å². The van der Waals surface area contributed by atoms with Crippen LogP contribution in [-0.4, -0.2) is 20.2 Å². The standard InChI is InChI=1S/C14H17N5S/c1-8-5-4-6-11(17-8)7-16-14-12(13(15)20)9(2)10(3)18-19-14/h4-6H,7H2,1-3H3,(H2,15,20)(H,16,19). The van der Waals surface area contributed by atoms with Crippen LogP contribution < -0.4 is 11.1 Å². The van der Waals surface area contributed by atoms with Gasteiger partial charge in [-0.1, -0.05) is 18.3 Å². The number of pyridine rings is 1. The Hall–Kier alpha value is -2.08. The smallest absolute Gasteiger partial charge is 0.159 e. The minimum Gasteiger partial charge on any atom is -0.389 e. The van der Waals surface area contributed by atoms with E-state index in [1.165, 1.54) is 0 Å². The minimum absolute atomic E-state index is 0.320. The number of thiocarbonyl (C=S) groups is 1. The molecule has 3 N–H and O–H groups in total. The Morgan fingerprint density at radius 2 is 2.00 bits per heavy atom. The molecule has 2 aromatic heterocycles. The molecule has 0 atom stereocenters. The molecule has 104 valence electrons. The first-order chi connectivity index (χ1) is 9.49. The van der Waals surface area contributed by atoms with Gasteiger partial charge in [0.05, 0.1) is 23.5 Å². The van der Waals surface area contributed by atoms with Crippen LogP contribution in [0.5, 0.6) is 0 Å². The van der Waals surface area contributed by atoms with Crippen LogP contribution in [-0.2, 0) is 6.54 Å². The Kier molecular flexibility index (Phi) is 4.24. The number of anilines is 1. The summed E-state index contributed by atoms with van der Waals surface area (Å²) < 4.78 is 0. The van der Waals surface area contributed by atoms with Gasteiger partial charge in [0, 0.05) is 5.69 Å². The third-order valence-electron chi connectivity index (χ3n) is 3.08. The van der Waals surface area contributed by atoms with E-state index < -0.39 is 0 Å². The molecule has 2 heterocycles. The average molecular weight is 287 g/mol. The Balaban J connectivity index is 2.26. The molecule has 0 amide bonds. The lowest BCUT2D eigenvalue weighted by atomic mass is 10.1. The van der Waals surface area contributed by atoms with Crippen molar-refractivity contribution >= 4 is 23.0 Å². The van der Waals surface area contributed by atoms with E-state index in [1.54, 1.807) is 0 Å². The van der Waals surface area contributed by atoms with E-state index in [0.717, 1.165) is 28.2 Å². The van der Waals surface area contributed by atoms with Crippen LogP contribution in [0.4, 0.5) is 5.82 Å². The first-order valence-electron chi connectivity index (χ1n) is 6.29. The molecule has 20 heavy (non-hydrogen) atoms. The quantitative estimate of drug-likeness (QED) is 0.838. The second-order valence-corrected chi connectivity index (χ2v) is 5.06. The lowest BCUT2D eigenvalue weighted by molar-refractivity contribution is 0.930. The van der Waals surface area contributed by atoms with Gasteiger partial charge in [-0.15, -0.1) is 5.10 Å². The average Bonchev–Trinajstić information content (AvgIpc) is 2.39. The van der Waals surface area contributed by atoms with Crippen LogP contribution in [0.25, 0.3) is 0 Å². The number of nitrogens with two attached hydrogens (primary N) is 1. The van der Waals surface area contributed by atoms with Gasteiger partial charge in [0.1, 0.15) is 4.99 Å². The normalized spacial score (nSPS) is 10.3. The van der Waals surface area contributed by atoms with Crippen LogP contribution in [0.2, 0.25) is 0 Å². The number of aryl methyl sites for hydroxylation is 2. The highest BCUT2D eigenvalue weighted by Gasteiger charge is 2.13. The van der Waals surface area contributed by atoms with Crippen molar-refractivity contribution in [3.63, 3.8) is 0 Å². The zero-order valence-electron chi connectivity index (χ0n) is 11.8. The molecule has 0 aromatic carbocycles. The highest BCUT2D eigenvalue weighted by molar-refractivity contribution is 7.80. The predicted molar refractivity (Wildman–Crippen MR) is 83.7 cm³/mol. The van der Waals surface area contributed by atoms with Gasteiger partial charge in [-0.2, -0.15) is 5.10 Å². The molecule has 0 aliphatic heterocycles. The number of aromatic nitrogens is 3. The maximum absolute atomic E-state index is 5.79. The van der Waals surface area contributed by atoms with Gasteiger partial charge in [0.2, 0.25) is 0 Å². The zero-order chi connectivity index (χ0) is 14.7. The molecule has 0 spiro atoms. The summed E-state index contributed by atoms with van der Waals surface area (Å²) >= 11 is 5.10. The van der Waals surface area contributed by atoms with E-state index in [2.05, 4.69) is 20.5 Å². The van der Waals surface area contributed by atoms with Gasteiger partial charge in [0.15, 0.2) is 5.82 Å². The third-order valence-corrected chi connectivity index (χ3v) is 3.29. The molecule has 6 heteroatoms. The molecule has 5 nitrogen and oxygen atoms in total. The molecular formula is C14H17N5S. The zero-order valence-corrected chi connectivity index (χ0v) is 12.6. The summed E-state index contributed by atoms with van der Waals surface area (Å²) in [6.07, 6.45) is 0. The summed E-state index contributed by atoms with van der Waals surface area (Å²) in [5, 5.41) is 11.4. The SMILES string of the molecule is Cc1cccc(CNc2nnc(C)c(C)c2C(N)=S)n1. The van der Waals surface area contributed by atoms with Crippen molar-refractivity contribution in [3.8, 4) is 0 Å². The van der Waals surface area contributed by atoms with Crippen LogP contribution >= 0.6 is 12.2 Å². The maximum Gasteiger partial charge on any atom is 0.159 e. The highest BCUT2D eigenvalue weighted by Crippen LogP contribution is 2.18. The van der Waals surface area contributed by atoms with Crippen molar-refractivity contribution in [2.24, 2.45) is 5.73 Å². The van der Waals surface area contributed by atoms with Gasteiger partial charge in [0.25, 0.3) is 0 Å². The van der Waals surface area contributed by atoms with Crippen LogP contribution in [0.15, 0.2) is 18.2 Å². The summed E-state index contributed by atoms with van der Waals surface area (Å²) in [4.78, 5) is 4.75. The molecular weight excluding hydrogens is 270 g/mol. The molecule has 0 aliphatic rings. The number of hydrogen-bond donors (Lipinski definition) is 2. The fourth-order valence-electron chi connectivity index (χ4n) is 1.91. The van der Waals surface area contributed by atoms with E-state index in [1.807, 2.05) is 39.0 Å². The topological polar surface area (TPSA) is 76.7 Å². The van der Waals surface area contributed by atoms with E-state index in [0.29, 0.717) is 17.4 Å². The van der Waals surface area contributed by atoms with E-state index in [9.17, 15) is 0 Å². The van der Waals surface area contributed by atoms with Gasteiger partial charge < -0.3 is 11.1 Å². The fourth-order valence-corrected chi connectivity index (χ4v) is 2.16. The van der Waals surface area contributed by atoms with Crippen molar-refractivity contribution in [1.82, 2.24) is 15.2 Å². The van der Waals surface area contributed by atoms with Gasteiger partial charge in [-0.3, -0.25) is 4.98 Å². The van der Waals surface area contributed by atoms with Gasteiger partial charge in [-0.05, 0) is 38.5 Å². The minimum atomic E-state index is 0.320. The number of hydrogen-bond acceptors (Lipinski definition) is 5. The number of nitrogens with zero attached hydrogens (tertiary/aromatic N) is 3. The summed E-state index contributed by atoms with van der Waals surface area (Å²) in [5.74, 6) is 0.601. The number of nitrogens with one attached hydrogen (secondary N) is 1. The maximum atomic E-state index is 5.79. The van der Waals surface area contributed by atoms with Crippen molar-refractivity contribution in [1.29, 1.82) is 0 Å². The van der Waals surface area contributed by atoms with E-state index >= 15 is 0 Å². The first kappa shape index (κ1) is 14.3. The molecule has 0 saturated heterocycles. The molecule has 0 radical (unpaired) electrons. The van der Waals surface area contributed by atoms with E-state index in [-0.39, 0.29) is 0 Å². The monoisotopic (exact) mass is 287 g/mol. The van der Waals surface area contributed by atoms with Crippen molar-refractivity contribution < 1.29 is 0 Å². The predicted octanol–water partition coefficient (Wildman–Crippen LogP) is 2.04. The number of rotatable bonds is 4. The van der Waals surface area contributed by atoms with Crippen molar-refractivity contribution in [2.45, 2.75) is 27.3 Å². The van der Waals surface area contributed by atoms with Crippen LogP contribution in [0, 0.1) is 20.8 Å². The summed E-state index contributed by atoms with van der Waals surface area (Å²) in [6, 6.07) is 5.88. The highest BCUT2D eigenvalue weighted by atomic mass is 32.1. The first-order valence-corrected chi connectivity index (χ1v) is 6.70. The molecule has 0 bridgehead atoms. The van der Waals surface area contributed by atoms with Crippen molar-refractivity contribution in [2.75, 3.05) is 5.32 Å². The molecule has 2 aromatic rings. The fraction of sp³-hybridized carbons (Fsp3) is 0.286. The van der Waals surface area contributed by atoms with Gasteiger partial charge in [-0.25, -0.2) is 0 Å². The summed E-state index contributed by atoms with van der Waals surface area (Å²) in [5.41, 5.74) is 10.2. The molecule has 0 unspecified atom stereocenters. The molecule has 0 saturated carbocycles. The Bertz CT molecular complexity index is 654. The lowest BCUT2D eigenvalue weighted by Gasteiger charge is -2.13. The van der Waals surface area contributed by atoms with Crippen molar-refractivity contribution in [3.05, 3.63) is 46.4 Å².